The van der Waals surface area contributed by atoms with Gasteiger partial charge in [-0.25, -0.2) is 0 Å². The lowest BCUT2D eigenvalue weighted by Gasteiger charge is -2.26. The highest BCUT2D eigenvalue weighted by molar-refractivity contribution is 5.85. The molecule has 1 heterocycles. The molecule has 1 aliphatic carbocycles. The maximum atomic E-state index is 8.91. The highest BCUT2D eigenvalue weighted by Gasteiger charge is 2.23. The molecular formula is C12H20ClNO2. The molecule has 4 heteroatoms. The summed E-state index contributed by atoms with van der Waals surface area (Å²) in [7, 11) is 0. The van der Waals surface area contributed by atoms with Gasteiger partial charge in [0.25, 0.3) is 0 Å². The molecule has 0 amide bonds. The van der Waals surface area contributed by atoms with Gasteiger partial charge in [-0.2, -0.15) is 0 Å². The highest BCUT2D eigenvalue weighted by Crippen LogP contribution is 2.33. The van der Waals surface area contributed by atoms with Crippen LogP contribution in [0.3, 0.4) is 0 Å². The van der Waals surface area contributed by atoms with Gasteiger partial charge in [0.15, 0.2) is 0 Å². The predicted octanol–water partition coefficient (Wildman–Crippen LogP) is 2.77. The van der Waals surface area contributed by atoms with E-state index in [4.69, 9.17) is 15.3 Å². The molecular weight excluding hydrogens is 226 g/mol. The van der Waals surface area contributed by atoms with Crippen LogP contribution in [0.15, 0.2) is 16.5 Å². The van der Waals surface area contributed by atoms with Crippen molar-refractivity contribution in [2.45, 2.75) is 44.8 Å². The van der Waals surface area contributed by atoms with Gasteiger partial charge in [0.2, 0.25) is 0 Å². The van der Waals surface area contributed by atoms with Crippen LogP contribution in [-0.2, 0) is 6.61 Å². The van der Waals surface area contributed by atoms with E-state index in [-0.39, 0.29) is 25.1 Å². The van der Waals surface area contributed by atoms with Gasteiger partial charge in [0, 0.05) is 0 Å². The van der Waals surface area contributed by atoms with Gasteiger partial charge in [0.1, 0.15) is 18.1 Å². The van der Waals surface area contributed by atoms with Gasteiger partial charge in [-0.1, -0.05) is 19.3 Å². The fourth-order valence-electron chi connectivity index (χ4n) is 2.38. The van der Waals surface area contributed by atoms with Gasteiger partial charge in [-0.3, -0.25) is 0 Å². The molecule has 0 unspecified atom stereocenters. The van der Waals surface area contributed by atoms with Crippen LogP contribution >= 0.6 is 12.4 Å². The first-order valence-corrected chi connectivity index (χ1v) is 5.76. The summed E-state index contributed by atoms with van der Waals surface area (Å²) < 4.78 is 5.47. The van der Waals surface area contributed by atoms with Gasteiger partial charge >= 0.3 is 0 Å². The van der Waals surface area contributed by atoms with Crippen LogP contribution in [0.2, 0.25) is 0 Å². The SMILES string of the molecule is Cl.N[C@H](c1ccc(CO)o1)C1CCCCC1. The molecule has 0 spiro atoms. The van der Waals surface area contributed by atoms with Crippen LogP contribution in [-0.4, -0.2) is 5.11 Å². The zero-order valence-corrected chi connectivity index (χ0v) is 10.2. The number of halogens is 1. The Morgan fingerprint density at radius 3 is 2.56 bits per heavy atom. The predicted molar refractivity (Wildman–Crippen MR) is 65.4 cm³/mol. The third kappa shape index (κ3) is 3.00. The van der Waals surface area contributed by atoms with Crippen molar-refractivity contribution in [2.24, 2.45) is 11.7 Å². The number of nitrogens with two attached hydrogens (primary N) is 1. The molecule has 0 bridgehead atoms. The largest absolute Gasteiger partial charge is 0.462 e. The number of aliphatic hydroxyl groups excluding tert-OH is 1. The number of furan rings is 1. The van der Waals surface area contributed by atoms with E-state index >= 15 is 0 Å². The van der Waals surface area contributed by atoms with Gasteiger partial charge in [0.05, 0.1) is 6.04 Å². The first-order chi connectivity index (χ1) is 7.31. The lowest BCUT2D eigenvalue weighted by molar-refractivity contribution is 0.229. The van der Waals surface area contributed by atoms with Crippen LogP contribution in [0.1, 0.15) is 49.7 Å². The van der Waals surface area contributed by atoms with E-state index in [9.17, 15) is 0 Å². The van der Waals surface area contributed by atoms with E-state index in [1.807, 2.05) is 6.07 Å². The van der Waals surface area contributed by atoms with E-state index in [0.717, 1.165) is 5.76 Å². The quantitative estimate of drug-likeness (QED) is 0.861. The molecule has 16 heavy (non-hydrogen) atoms. The molecule has 3 nitrogen and oxygen atoms in total. The van der Waals surface area contributed by atoms with E-state index in [2.05, 4.69) is 0 Å². The van der Waals surface area contributed by atoms with Crippen molar-refractivity contribution in [1.29, 1.82) is 0 Å². The Balaban J connectivity index is 0.00000128. The van der Waals surface area contributed by atoms with E-state index in [0.29, 0.717) is 11.7 Å². The summed E-state index contributed by atoms with van der Waals surface area (Å²) in [6, 6.07) is 3.70. The third-order valence-corrected chi connectivity index (χ3v) is 3.32. The lowest BCUT2D eigenvalue weighted by atomic mass is 9.83. The summed E-state index contributed by atoms with van der Waals surface area (Å²) in [6.07, 6.45) is 6.31. The van der Waals surface area contributed by atoms with Crippen molar-refractivity contribution in [3.05, 3.63) is 23.7 Å². The number of hydrogen-bond acceptors (Lipinski definition) is 3. The monoisotopic (exact) mass is 245 g/mol. The van der Waals surface area contributed by atoms with Crippen LogP contribution in [0.4, 0.5) is 0 Å². The van der Waals surface area contributed by atoms with Crippen molar-refractivity contribution >= 4 is 12.4 Å². The minimum absolute atomic E-state index is 0. The summed E-state index contributed by atoms with van der Waals surface area (Å²) >= 11 is 0. The maximum Gasteiger partial charge on any atom is 0.129 e. The van der Waals surface area contributed by atoms with Crippen LogP contribution in [0, 0.1) is 5.92 Å². The fraction of sp³-hybridized carbons (Fsp3) is 0.667. The van der Waals surface area contributed by atoms with Crippen LogP contribution < -0.4 is 5.73 Å². The summed E-state index contributed by atoms with van der Waals surface area (Å²) in [5.74, 6) is 1.98. The van der Waals surface area contributed by atoms with Gasteiger partial charge < -0.3 is 15.3 Å². The Hall–Kier alpha value is -0.510. The molecule has 1 saturated carbocycles. The fourth-order valence-corrected chi connectivity index (χ4v) is 2.38. The van der Waals surface area contributed by atoms with Crippen LogP contribution in [0.5, 0.6) is 0 Å². The van der Waals surface area contributed by atoms with Gasteiger partial charge in [-0.05, 0) is 30.9 Å². The summed E-state index contributed by atoms with van der Waals surface area (Å²) in [6.45, 7) is -0.0443. The second-order valence-electron chi connectivity index (χ2n) is 4.39. The zero-order valence-electron chi connectivity index (χ0n) is 9.39. The first kappa shape index (κ1) is 13.6. The van der Waals surface area contributed by atoms with Crippen molar-refractivity contribution in [3.63, 3.8) is 0 Å². The van der Waals surface area contributed by atoms with Crippen molar-refractivity contribution < 1.29 is 9.52 Å². The minimum Gasteiger partial charge on any atom is -0.462 e. The van der Waals surface area contributed by atoms with Crippen molar-refractivity contribution in [2.75, 3.05) is 0 Å². The summed E-state index contributed by atoms with van der Waals surface area (Å²) in [4.78, 5) is 0. The molecule has 2 rings (SSSR count). The summed E-state index contributed by atoms with van der Waals surface area (Å²) in [5.41, 5.74) is 6.16. The average molecular weight is 246 g/mol. The molecule has 92 valence electrons. The second-order valence-corrected chi connectivity index (χ2v) is 4.39. The Morgan fingerprint density at radius 1 is 1.31 bits per heavy atom. The highest BCUT2D eigenvalue weighted by atomic mass is 35.5. The first-order valence-electron chi connectivity index (χ1n) is 5.76. The van der Waals surface area contributed by atoms with Crippen LogP contribution in [0.25, 0.3) is 0 Å². The normalized spacial score (nSPS) is 19.1. The van der Waals surface area contributed by atoms with Gasteiger partial charge in [-0.15, -0.1) is 12.4 Å². The molecule has 3 N–H and O–H groups in total. The Morgan fingerprint density at radius 2 is 2.00 bits per heavy atom. The topological polar surface area (TPSA) is 59.4 Å². The molecule has 0 aromatic carbocycles. The Labute approximate surface area is 102 Å². The Kier molecular flexibility index (Phi) is 5.32. The number of aliphatic hydroxyl groups is 1. The summed E-state index contributed by atoms with van der Waals surface area (Å²) in [5, 5.41) is 8.91. The van der Waals surface area contributed by atoms with E-state index in [1.165, 1.54) is 32.1 Å². The van der Waals surface area contributed by atoms with E-state index < -0.39 is 0 Å². The second kappa shape index (κ2) is 6.28. The molecule has 1 aromatic heterocycles. The molecule has 1 atom stereocenters. The molecule has 0 radical (unpaired) electrons. The molecule has 0 aliphatic heterocycles. The number of rotatable bonds is 3. The Bertz CT molecular complexity index is 308. The zero-order chi connectivity index (χ0) is 10.7. The molecule has 1 fully saturated rings. The third-order valence-electron chi connectivity index (χ3n) is 3.32. The van der Waals surface area contributed by atoms with Crippen molar-refractivity contribution in [1.82, 2.24) is 0 Å². The molecule has 1 aliphatic rings. The average Bonchev–Trinajstić information content (AvgIpc) is 2.78. The molecule has 1 aromatic rings. The number of hydrogen-bond donors (Lipinski definition) is 2. The molecule has 0 saturated heterocycles. The smallest absolute Gasteiger partial charge is 0.129 e. The standard InChI is InChI=1S/C12H19NO2.ClH/c13-12(9-4-2-1-3-5-9)11-7-6-10(8-14)15-11;/h6-7,9,12,14H,1-5,8,13H2;1H/t12-;/m0./s1. The minimum atomic E-state index is -0.0443. The maximum absolute atomic E-state index is 8.91. The van der Waals surface area contributed by atoms with E-state index in [1.54, 1.807) is 6.07 Å². The lowest BCUT2D eigenvalue weighted by Crippen LogP contribution is -2.23. The van der Waals surface area contributed by atoms with Crippen molar-refractivity contribution in [3.8, 4) is 0 Å².